The van der Waals surface area contributed by atoms with Gasteiger partial charge in [0, 0.05) is 81.1 Å². The normalized spacial score (nSPS) is 22.6. The molecule has 3 aromatic carbocycles. The number of halogens is 1. The maximum Gasteiger partial charge on any atom is 0.262 e. The number of carbonyl (C=O) groups is 5. The number of benzene rings is 3. The number of rotatable bonds is 9. The standard InChI is InChI=1S/C46H47FN8O6/c47-37-24-29(43(57)50-31-5-8-33(9-6-31)61-40-13-4-30(26-48)42-35(40)2-1-17-49-42)3-11-38(37)54-18-15-28(16-19-54)27-52-20-22-53(23-21-52)32-7-10-34-36(25-32)46(60)55(45(34)59)39-12-14-41(56)51-44(39)58/h1-4,7,10-11,13,17,24-25,28,31,33,39H,5-6,8-9,12,14-16,18-23,27H2,(H,50,57)(H,51,56,58). The Labute approximate surface area is 352 Å². The molecule has 0 bridgehead atoms. The summed E-state index contributed by atoms with van der Waals surface area (Å²) in [6.45, 7) is 5.59. The molecule has 0 spiro atoms. The zero-order chi connectivity index (χ0) is 42.2. The van der Waals surface area contributed by atoms with Crippen LogP contribution in [0.2, 0.25) is 0 Å². The Hall–Kier alpha value is -6.40. The van der Waals surface area contributed by atoms with E-state index in [1.54, 1.807) is 36.5 Å². The third-order valence-electron chi connectivity index (χ3n) is 13.0. The Kier molecular flexibility index (Phi) is 11.1. The first-order chi connectivity index (χ1) is 29.6. The summed E-state index contributed by atoms with van der Waals surface area (Å²) in [6, 6.07) is 18.5. The van der Waals surface area contributed by atoms with Crippen molar-refractivity contribution in [2.24, 2.45) is 5.92 Å². The Bertz CT molecular complexity index is 2450. The van der Waals surface area contributed by atoms with Crippen molar-refractivity contribution in [3.05, 3.63) is 94.9 Å². The van der Waals surface area contributed by atoms with E-state index >= 15 is 4.39 Å². The van der Waals surface area contributed by atoms with Crippen LogP contribution in [0.3, 0.4) is 0 Å². The molecule has 9 rings (SSSR count). The van der Waals surface area contributed by atoms with Gasteiger partial charge in [0.25, 0.3) is 17.7 Å². The molecule has 1 unspecified atom stereocenters. The van der Waals surface area contributed by atoms with E-state index in [9.17, 15) is 29.2 Å². The summed E-state index contributed by atoms with van der Waals surface area (Å²) in [4.78, 5) is 75.8. The van der Waals surface area contributed by atoms with Gasteiger partial charge in [0.15, 0.2) is 0 Å². The molecule has 1 aliphatic carbocycles. The molecule has 4 aliphatic heterocycles. The van der Waals surface area contributed by atoms with Crippen molar-refractivity contribution in [3.63, 3.8) is 0 Å². The smallest absolute Gasteiger partial charge is 0.262 e. The van der Waals surface area contributed by atoms with Crippen LogP contribution in [0.5, 0.6) is 5.75 Å². The number of hydrogen-bond donors (Lipinski definition) is 2. The van der Waals surface area contributed by atoms with Crippen LogP contribution in [0, 0.1) is 23.1 Å². The summed E-state index contributed by atoms with van der Waals surface area (Å²) in [5.74, 6) is -1.55. The highest BCUT2D eigenvalue weighted by Crippen LogP contribution is 2.34. The second-order valence-corrected chi connectivity index (χ2v) is 16.7. The number of piperidine rings is 2. The SMILES string of the molecule is N#Cc1ccc(OC2CCC(NC(=O)c3ccc(N4CCC(CN5CCN(c6ccc7c(c6)C(=O)N(C6CCC(=O)NC6=O)C7=O)CC5)CC4)c(F)c3)CC2)c2cccnc12. The third-order valence-corrected chi connectivity index (χ3v) is 13.0. The van der Waals surface area contributed by atoms with Gasteiger partial charge in [-0.3, -0.25) is 44.1 Å². The van der Waals surface area contributed by atoms with E-state index in [2.05, 4.69) is 36.4 Å². The molecule has 14 nitrogen and oxygen atoms in total. The van der Waals surface area contributed by atoms with E-state index < -0.39 is 35.5 Å². The van der Waals surface area contributed by atoms with E-state index in [1.807, 2.05) is 24.3 Å². The molecule has 1 aromatic heterocycles. The van der Waals surface area contributed by atoms with Crippen molar-refractivity contribution in [1.29, 1.82) is 5.26 Å². The van der Waals surface area contributed by atoms with Gasteiger partial charge in [-0.2, -0.15) is 5.26 Å². The summed E-state index contributed by atoms with van der Waals surface area (Å²) in [7, 11) is 0. The van der Waals surface area contributed by atoms with Crippen LogP contribution in [-0.4, -0.2) is 108 Å². The lowest BCUT2D eigenvalue weighted by atomic mass is 9.92. The first-order valence-corrected chi connectivity index (χ1v) is 21.3. The largest absolute Gasteiger partial charge is 0.490 e. The minimum absolute atomic E-state index is 0.0234. The molecule has 5 heterocycles. The van der Waals surface area contributed by atoms with Gasteiger partial charge in [0.05, 0.1) is 34.0 Å². The van der Waals surface area contributed by atoms with Crippen LogP contribution in [0.4, 0.5) is 15.8 Å². The number of ether oxygens (including phenoxy) is 1. The fourth-order valence-electron chi connectivity index (χ4n) is 9.58. The molecule has 4 aromatic rings. The quantitative estimate of drug-likeness (QED) is 0.223. The summed E-state index contributed by atoms with van der Waals surface area (Å²) in [6.07, 6.45) is 6.68. The summed E-state index contributed by atoms with van der Waals surface area (Å²) < 4.78 is 21.9. The number of hydrogen-bond acceptors (Lipinski definition) is 11. The molecule has 0 radical (unpaired) electrons. The van der Waals surface area contributed by atoms with E-state index in [-0.39, 0.29) is 42.0 Å². The van der Waals surface area contributed by atoms with Crippen molar-refractivity contribution in [2.45, 2.75) is 69.6 Å². The van der Waals surface area contributed by atoms with E-state index in [1.165, 1.54) is 6.07 Å². The molecular formula is C46H47FN8O6. The number of anilines is 2. The predicted octanol–water partition coefficient (Wildman–Crippen LogP) is 4.81. The second kappa shape index (κ2) is 16.9. The number of nitrogens with one attached hydrogen (secondary N) is 2. The average molecular weight is 827 g/mol. The van der Waals surface area contributed by atoms with Gasteiger partial charge >= 0.3 is 0 Å². The molecule has 15 heteroatoms. The molecule has 2 N–H and O–H groups in total. The summed E-state index contributed by atoms with van der Waals surface area (Å²) >= 11 is 0. The van der Waals surface area contributed by atoms with Crippen LogP contribution in [-0.2, 0) is 9.59 Å². The monoisotopic (exact) mass is 826 g/mol. The van der Waals surface area contributed by atoms with E-state index in [0.717, 1.165) is 100 Å². The van der Waals surface area contributed by atoms with Gasteiger partial charge in [0.2, 0.25) is 11.8 Å². The first kappa shape index (κ1) is 40.0. The first-order valence-electron chi connectivity index (χ1n) is 21.3. The van der Waals surface area contributed by atoms with Crippen LogP contribution in [0.25, 0.3) is 10.9 Å². The highest BCUT2D eigenvalue weighted by atomic mass is 19.1. The van der Waals surface area contributed by atoms with Crippen molar-refractivity contribution < 1.29 is 33.1 Å². The molecule has 3 saturated heterocycles. The molecule has 4 fully saturated rings. The summed E-state index contributed by atoms with van der Waals surface area (Å²) in [5.41, 5.74) is 3.35. The average Bonchev–Trinajstić information content (AvgIpc) is 3.52. The number of aromatic nitrogens is 1. The van der Waals surface area contributed by atoms with Gasteiger partial charge in [-0.05, 0) is 112 Å². The molecule has 5 aliphatic rings. The summed E-state index contributed by atoms with van der Waals surface area (Å²) in [5, 5.41) is 15.6. The Morgan fingerprint density at radius 3 is 2.36 bits per heavy atom. The Morgan fingerprint density at radius 2 is 1.62 bits per heavy atom. The van der Waals surface area contributed by atoms with Gasteiger partial charge in [0.1, 0.15) is 23.7 Å². The van der Waals surface area contributed by atoms with Crippen LogP contribution >= 0.6 is 0 Å². The van der Waals surface area contributed by atoms with Gasteiger partial charge in [-0.25, -0.2) is 4.39 Å². The predicted molar refractivity (Wildman–Crippen MR) is 224 cm³/mol. The minimum Gasteiger partial charge on any atom is -0.490 e. The molecular weight excluding hydrogens is 780 g/mol. The number of carbonyl (C=O) groups excluding carboxylic acids is 5. The highest BCUT2D eigenvalue weighted by molar-refractivity contribution is 6.23. The van der Waals surface area contributed by atoms with Crippen molar-refractivity contribution in [3.8, 4) is 11.8 Å². The highest BCUT2D eigenvalue weighted by Gasteiger charge is 2.45. The zero-order valence-corrected chi connectivity index (χ0v) is 33.8. The Balaban J connectivity index is 0.714. The fraction of sp³-hybridized carbons (Fsp3) is 0.413. The number of nitrogens with zero attached hydrogens (tertiary/aromatic N) is 6. The maximum atomic E-state index is 15.5. The Morgan fingerprint density at radius 1 is 0.852 bits per heavy atom. The number of amides is 5. The minimum atomic E-state index is -0.991. The van der Waals surface area contributed by atoms with Crippen LogP contribution in [0.15, 0.2) is 66.9 Å². The van der Waals surface area contributed by atoms with Gasteiger partial charge < -0.3 is 19.9 Å². The maximum absolute atomic E-state index is 15.5. The molecule has 5 amide bonds. The van der Waals surface area contributed by atoms with E-state index in [4.69, 9.17) is 4.74 Å². The van der Waals surface area contributed by atoms with Gasteiger partial charge in [-0.1, -0.05) is 0 Å². The number of nitriles is 1. The fourth-order valence-corrected chi connectivity index (χ4v) is 9.58. The topological polar surface area (TPSA) is 168 Å². The lowest BCUT2D eigenvalue weighted by Crippen LogP contribution is -2.54. The van der Waals surface area contributed by atoms with Crippen LogP contribution in [0.1, 0.15) is 88.0 Å². The van der Waals surface area contributed by atoms with Gasteiger partial charge in [-0.15, -0.1) is 0 Å². The number of piperazine rings is 1. The number of imide groups is 2. The third kappa shape index (κ3) is 8.12. The van der Waals surface area contributed by atoms with Crippen molar-refractivity contribution in [2.75, 3.05) is 55.6 Å². The van der Waals surface area contributed by atoms with E-state index in [0.29, 0.717) is 34.0 Å². The van der Waals surface area contributed by atoms with Crippen LogP contribution < -0.4 is 25.2 Å². The van der Waals surface area contributed by atoms with Crippen molar-refractivity contribution in [1.82, 2.24) is 25.4 Å². The van der Waals surface area contributed by atoms with Crippen molar-refractivity contribution >= 4 is 51.8 Å². The molecule has 314 valence electrons. The molecule has 1 atom stereocenters. The number of fused-ring (bicyclic) bond motifs is 2. The number of pyridine rings is 1. The lowest BCUT2D eigenvalue weighted by molar-refractivity contribution is -0.136. The molecule has 61 heavy (non-hydrogen) atoms. The zero-order valence-electron chi connectivity index (χ0n) is 33.8. The lowest BCUT2D eigenvalue weighted by Gasteiger charge is -2.40. The molecule has 1 saturated carbocycles. The second-order valence-electron chi connectivity index (χ2n) is 16.7.